The highest BCUT2D eigenvalue weighted by molar-refractivity contribution is 7.92. The fraction of sp³-hybridized carbons (Fsp3) is 0.426. The molecule has 0 amide bonds. The van der Waals surface area contributed by atoms with Crippen molar-refractivity contribution in [3.05, 3.63) is 106 Å². The molecule has 1 aliphatic carbocycles. The van der Waals surface area contributed by atoms with Crippen molar-refractivity contribution in [2.24, 2.45) is 15.8 Å². The maximum absolute atomic E-state index is 15.2. The second kappa shape index (κ2) is 17.4. The number of benzene rings is 3. The van der Waals surface area contributed by atoms with Gasteiger partial charge in [-0.15, -0.1) is 0 Å². The van der Waals surface area contributed by atoms with Crippen LogP contribution >= 0.6 is 11.6 Å². The van der Waals surface area contributed by atoms with Gasteiger partial charge in [-0.1, -0.05) is 62.2 Å². The second-order valence-electron chi connectivity index (χ2n) is 17.6. The largest absolute Gasteiger partial charge is 0.475 e. The second-order valence-corrected chi connectivity index (χ2v) is 20.0. The lowest BCUT2D eigenvalue weighted by Gasteiger charge is -2.39. The van der Waals surface area contributed by atoms with Gasteiger partial charge in [0.1, 0.15) is 17.2 Å². The van der Waals surface area contributed by atoms with Gasteiger partial charge in [-0.25, -0.2) is 17.8 Å². The van der Waals surface area contributed by atoms with Crippen LogP contribution in [-0.2, 0) is 21.0 Å². The van der Waals surface area contributed by atoms with Crippen LogP contribution in [0.3, 0.4) is 0 Å². The molecule has 0 bridgehead atoms. The fourth-order valence-electron chi connectivity index (χ4n) is 8.50. The van der Waals surface area contributed by atoms with Crippen LogP contribution in [0.2, 0.25) is 5.02 Å². The van der Waals surface area contributed by atoms with Gasteiger partial charge in [-0.2, -0.15) is 0 Å². The summed E-state index contributed by atoms with van der Waals surface area (Å²) in [6.07, 6.45) is 8.28. The van der Waals surface area contributed by atoms with Crippen LogP contribution in [0, 0.1) is 16.6 Å². The number of piperazine rings is 1. The minimum Gasteiger partial charge on any atom is -0.475 e. The first-order chi connectivity index (χ1) is 28.7. The number of rotatable bonds is 13. The van der Waals surface area contributed by atoms with E-state index in [0.717, 1.165) is 93.4 Å². The number of ether oxygens (including phenoxy) is 3. The molecule has 3 aromatic carbocycles. The smallest absolute Gasteiger partial charge is 0.250 e. The van der Waals surface area contributed by atoms with Crippen molar-refractivity contribution in [2.75, 3.05) is 63.2 Å². The number of hydrogen-bond donors (Lipinski definition) is 0. The number of carbonyl (C=O) groups is 1. The number of Topliss-reactive ketones (excluding diaryl/α,β-unsaturated/α-hetero) is 1. The highest BCUT2D eigenvalue weighted by Gasteiger charge is 2.32. The summed E-state index contributed by atoms with van der Waals surface area (Å²) >= 11 is 6.24. The molecule has 8 rings (SSSR count). The van der Waals surface area contributed by atoms with Crippen LogP contribution in [0.25, 0.3) is 5.57 Å². The third-order valence-electron chi connectivity index (χ3n) is 12.3. The maximum atomic E-state index is 15.2. The van der Waals surface area contributed by atoms with E-state index in [1.54, 1.807) is 12.1 Å². The number of hydrogen-bond acceptors (Lipinski definition) is 10. The third kappa shape index (κ3) is 9.62. The molecule has 316 valence electrons. The number of anilines is 1. The molecule has 0 radical (unpaired) electrons. The normalized spacial score (nSPS) is 19.0. The van der Waals surface area contributed by atoms with E-state index in [9.17, 15) is 13.2 Å². The molecular formula is C47H52ClFN4O6S. The molecule has 10 nitrogen and oxygen atoms in total. The Hall–Kier alpha value is -4.62. The molecule has 2 saturated heterocycles. The monoisotopic (exact) mass is 854 g/mol. The van der Waals surface area contributed by atoms with Crippen molar-refractivity contribution in [3.63, 3.8) is 0 Å². The molecule has 4 aromatic rings. The molecule has 3 aliphatic heterocycles. The molecule has 2 fully saturated rings. The van der Waals surface area contributed by atoms with E-state index in [2.05, 4.69) is 45.8 Å². The van der Waals surface area contributed by atoms with Crippen LogP contribution < -0.4 is 14.4 Å². The number of ketones is 1. The maximum Gasteiger partial charge on any atom is 0.250 e. The van der Waals surface area contributed by atoms with E-state index in [0.29, 0.717) is 31.1 Å². The summed E-state index contributed by atoms with van der Waals surface area (Å²) in [6.45, 7) is 12.3. The number of aliphatic imine (C=N–C) groups is 1. The van der Waals surface area contributed by atoms with Crippen LogP contribution in [0.1, 0.15) is 74.4 Å². The molecule has 1 aromatic heterocycles. The van der Waals surface area contributed by atoms with Crippen molar-refractivity contribution in [2.45, 2.75) is 64.2 Å². The highest BCUT2D eigenvalue weighted by atomic mass is 35.5. The zero-order valence-electron chi connectivity index (χ0n) is 34.5. The Balaban J connectivity index is 0.991. The Morgan fingerprint density at radius 3 is 2.47 bits per heavy atom. The average molecular weight is 855 g/mol. The van der Waals surface area contributed by atoms with E-state index in [-0.39, 0.29) is 34.6 Å². The Morgan fingerprint density at radius 2 is 1.72 bits per heavy atom. The molecular weight excluding hydrogens is 803 g/mol. The molecule has 0 spiro atoms. The molecule has 4 aliphatic rings. The van der Waals surface area contributed by atoms with Gasteiger partial charge in [0.25, 0.3) is 0 Å². The number of carbonyl (C=O) groups excluding carboxylic acids is 1. The minimum atomic E-state index is -4.30. The predicted molar refractivity (Wildman–Crippen MR) is 234 cm³/mol. The van der Waals surface area contributed by atoms with Gasteiger partial charge in [0.2, 0.25) is 5.88 Å². The van der Waals surface area contributed by atoms with Crippen molar-refractivity contribution in [3.8, 4) is 17.4 Å². The average Bonchev–Trinajstić information content (AvgIpc) is 3.72. The summed E-state index contributed by atoms with van der Waals surface area (Å²) < 4.78 is 60.1. The van der Waals surface area contributed by atoms with Gasteiger partial charge >= 0.3 is 0 Å². The van der Waals surface area contributed by atoms with Crippen molar-refractivity contribution in [1.82, 2.24) is 9.88 Å². The lowest BCUT2D eigenvalue weighted by Crippen LogP contribution is -2.47. The van der Waals surface area contributed by atoms with Crippen molar-refractivity contribution >= 4 is 50.4 Å². The van der Waals surface area contributed by atoms with Gasteiger partial charge in [0, 0.05) is 87.0 Å². The van der Waals surface area contributed by atoms with E-state index in [1.165, 1.54) is 16.7 Å². The summed E-state index contributed by atoms with van der Waals surface area (Å²) in [6, 6.07) is 20.0. The Bertz CT molecular complexity index is 2420. The van der Waals surface area contributed by atoms with Crippen LogP contribution in [-0.4, -0.2) is 88.6 Å². The van der Waals surface area contributed by atoms with Crippen LogP contribution in [0.4, 0.5) is 15.8 Å². The van der Waals surface area contributed by atoms with Gasteiger partial charge in [-0.05, 0) is 90.6 Å². The number of nitrogens with zero attached hydrogens (tertiary/aromatic N) is 4. The number of fused-ring (bicyclic) bond motifs is 1. The Kier molecular flexibility index (Phi) is 12.2. The zero-order valence-corrected chi connectivity index (χ0v) is 36.1. The van der Waals surface area contributed by atoms with E-state index < -0.39 is 32.1 Å². The fourth-order valence-corrected chi connectivity index (χ4v) is 9.79. The van der Waals surface area contributed by atoms with Gasteiger partial charge in [-0.3, -0.25) is 14.7 Å². The lowest BCUT2D eigenvalue weighted by atomic mass is 9.72. The van der Waals surface area contributed by atoms with Crippen molar-refractivity contribution in [1.29, 1.82) is 0 Å². The van der Waals surface area contributed by atoms with Crippen LogP contribution in [0.5, 0.6) is 17.4 Å². The topological polar surface area (TPSA) is 111 Å². The molecule has 60 heavy (non-hydrogen) atoms. The highest BCUT2D eigenvalue weighted by Crippen LogP contribution is 2.44. The quantitative estimate of drug-likeness (QED) is 0.122. The first-order valence-electron chi connectivity index (χ1n) is 20.8. The summed E-state index contributed by atoms with van der Waals surface area (Å²) in [5.74, 6) is -2.09. The zero-order chi connectivity index (χ0) is 42.1. The molecule has 0 saturated carbocycles. The third-order valence-corrected chi connectivity index (χ3v) is 14.2. The SMILES string of the molecule is CC1(C)CCC(CN2CCN(c3ccc(C(=O)CS(=O)(=O)c4cnc(OCC5(C)CCOCC5)c(F)c4)c(Oc4cccc5c4N=CC5)c3)CC2)=C(c2ccc(Cl)cc2)C1. The summed E-state index contributed by atoms with van der Waals surface area (Å²) in [7, 11) is -4.30. The minimum absolute atomic E-state index is 0.0977. The number of pyridine rings is 1. The van der Waals surface area contributed by atoms with E-state index in [1.807, 2.05) is 49.5 Å². The number of para-hydroxylation sites is 1. The number of sulfone groups is 1. The van der Waals surface area contributed by atoms with Crippen LogP contribution in [0.15, 0.2) is 88.4 Å². The molecule has 4 heterocycles. The first-order valence-corrected chi connectivity index (χ1v) is 22.8. The van der Waals surface area contributed by atoms with Gasteiger partial charge < -0.3 is 19.1 Å². The molecule has 0 N–H and O–H groups in total. The molecule has 13 heteroatoms. The van der Waals surface area contributed by atoms with Gasteiger partial charge in [0.15, 0.2) is 27.2 Å². The Labute approximate surface area is 357 Å². The summed E-state index contributed by atoms with van der Waals surface area (Å²) in [4.78, 5) is 26.9. The lowest BCUT2D eigenvalue weighted by molar-refractivity contribution is -0.00128. The predicted octanol–water partition coefficient (Wildman–Crippen LogP) is 9.56. The number of allylic oxidation sites excluding steroid dienone is 1. The first kappa shape index (κ1) is 42.1. The summed E-state index contributed by atoms with van der Waals surface area (Å²) in [5, 5.41) is 0.738. The van der Waals surface area contributed by atoms with Crippen molar-refractivity contribution < 1.29 is 31.8 Å². The molecule has 0 unspecified atom stereocenters. The van der Waals surface area contributed by atoms with E-state index in [4.69, 9.17) is 25.8 Å². The summed E-state index contributed by atoms with van der Waals surface area (Å²) in [5.41, 5.74) is 6.82. The van der Waals surface area contributed by atoms with Gasteiger partial charge in [0.05, 0.1) is 17.1 Å². The molecule has 0 atom stereocenters. The Morgan fingerprint density at radius 1 is 0.950 bits per heavy atom. The van der Waals surface area contributed by atoms with E-state index >= 15 is 4.39 Å². The number of aromatic nitrogens is 1. The number of halogens is 2. The standard InChI is InChI=1S/C47H52ClFN4O6S/c1-46(2)15-13-34(39(27-46)32-7-9-35(48)10-8-32)29-52-19-21-53(22-20-52)36-11-12-38(43(25-36)59-42-6-4-5-33-14-18-50-44(33)42)41(54)30-60(55,56)37-26-40(49)45(51-28-37)58-31-47(3)16-23-57-24-17-47/h4-12,18,25-26,28H,13-17,19-24,27,29-31H2,1-3H3.